The van der Waals surface area contributed by atoms with E-state index in [1.54, 1.807) is 0 Å². The summed E-state index contributed by atoms with van der Waals surface area (Å²) >= 11 is 0. The van der Waals surface area contributed by atoms with Gasteiger partial charge in [0.15, 0.2) is 0 Å². The normalized spacial score (nSPS) is 14.5. The number of nitrogens with zero attached hydrogens (tertiary/aromatic N) is 3. The fourth-order valence-electron chi connectivity index (χ4n) is 2.67. The van der Waals surface area contributed by atoms with Crippen LogP contribution < -0.4 is 11.3 Å². The fourth-order valence-corrected chi connectivity index (χ4v) is 2.67. The van der Waals surface area contributed by atoms with Crippen LogP contribution in [0.5, 0.6) is 0 Å². The van der Waals surface area contributed by atoms with E-state index in [9.17, 15) is 0 Å². The van der Waals surface area contributed by atoms with Crippen LogP contribution >= 0.6 is 0 Å². The highest BCUT2D eigenvalue weighted by atomic mass is 15.3. The lowest BCUT2D eigenvalue weighted by molar-refractivity contribution is 0.305. The van der Waals surface area contributed by atoms with Crippen molar-refractivity contribution < 1.29 is 0 Å². The number of anilines is 1. The summed E-state index contributed by atoms with van der Waals surface area (Å²) in [6, 6.07) is 0. The van der Waals surface area contributed by atoms with Gasteiger partial charge in [-0.1, -0.05) is 13.8 Å². The number of hydrogen-bond donors (Lipinski definition) is 2. The Morgan fingerprint density at radius 3 is 2.58 bits per heavy atom. The summed E-state index contributed by atoms with van der Waals surface area (Å²) in [5.41, 5.74) is 5.17. The molecule has 1 aliphatic rings. The van der Waals surface area contributed by atoms with Gasteiger partial charge >= 0.3 is 0 Å². The Bertz CT molecular complexity index is 397. The number of hydrazine groups is 1. The first-order valence-electron chi connectivity index (χ1n) is 7.36. The van der Waals surface area contributed by atoms with E-state index in [2.05, 4.69) is 29.2 Å². The summed E-state index contributed by atoms with van der Waals surface area (Å²) in [5.74, 6) is 7.35. The number of fused-ring (bicyclic) bond motifs is 1. The molecule has 0 saturated heterocycles. The number of rotatable bonds is 6. The third-order valence-electron chi connectivity index (χ3n) is 3.91. The molecule has 0 fully saturated rings. The minimum Gasteiger partial charge on any atom is -0.308 e. The first-order valence-corrected chi connectivity index (χ1v) is 7.36. The van der Waals surface area contributed by atoms with Gasteiger partial charge in [-0.3, -0.25) is 0 Å². The van der Waals surface area contributed by atoms with Crippen molar-refractivity contribution in [1.29, 1.82) is 0 Å². The first-order chi connectivity index (χ1) is 9.28. The van der Waals surface area contributed by atoms with Crippen LogP contribution in [0.1, 0.15) is 43.8 Å². The molecule has 1 aliphatic carbocycles. The molecule has 0 atom stereocenters. The van der Waals surface area contributed by atoms with E-state index in [1.807, 2.05) is 0 Å². The van der Waals surface area contributed by atoms with Gasteiger partial charge in [-0.15, -0.1) is 0 Å². The van der Waals surface area contributed by atoms with E-state index in [-0.39, 0.29) is 0 Å². The van der Waals surface area contributed by atoms with Crippen molar-refractivity contribution in [3.05, 3.63) is 17.1 Å². The average molecular weight is 263 g/mol. The summed E-state index contributed by atoms with van der Waals surface area (Å²) < 4.78 is 0. The van der Waals surface area contributed by atoms with Crippen LogP contribution in [-0.2, 0) is 19.3 Å². The van der Waals surface area contributed by atoms with Gasteiger partial charge in [-0.05, 0) is 38.8 Å². The van der Waals surface area contributed by atoms with E-state index in [0.717, 1.165) is 50.5 Å². The summed E-state index contributed by atoms with van der Waals surface area (Å²) in [6.07, 6.45) is 5.44. The second kappa shape index (κ2) is 6.82. The lowest BCUT2D eigenvalue weighted by Crippen LogP contribution is -2.26. The van der Waals surface area contributed by atoms with Crippen molar-refractivity contribution in [2.75, 3.05) is 25.1 Å². The minimum atomic E-state index is 0.833. The van der Waals surface area contributed by atoms with E-state index in [1.165, 1.54) is 24.1 Å². The molecule has 0 radical (unpaired) electrons. The Morgan fingerprint density at radius 1 is 1.16 bits per heavy atom. The van der Waals surface area contributed by atoms with Crippen LogP contribution in [-0.4, -0.2) is 34.5 Å². The molecule has 1 aromatic rings. The summed E-state index contributed by atoms with van der Waals surface area (Å²) in [7, 11) is 0. The maximum Gasteiger partial charge on any atom is 0.147 e. The number of likely N-dealkylation sites (N-methyl/N-ethyl adjacent to an activating group) is 1. The van der Waals surface area contributed by atoms with Gasteiger partial charge in [0.05, 0.1) is 0 Å². The predicted octanol–water partition coefficient (Wildman–Crippen LogP) is 1.53. The highest BCUT2D eigenvalue weighted by Gasteiger charge is 2.17. The molecule has 0 aliphatic heterocycles. The zero-order valence-corrected chi connectivity index (χ0v) is 12.1. The largest absolute Gasteiger partial charge is 0.308 e. The molecule has 5 nitrogen and oxygen atoms in total. The van der Waals surface area contributed by atoms with E-state index in [0.29, 0.717) is 0 Å². The SMILES string of the molecule is CCN(CC)CCc1nc2c(c(NN)n1)CCCC2. The average Bonchev–Trinajstić information content (AvgIpc) is 2.47. The van der Waals surface area contributed by atoms with Crippen LogP contribution in [0.25, 0.3) is 0 Å². The number of hydrogen-bond acceptors (Lipinski definition) is 5. The Labute approximate surface area is 115 Å². The van der Waals surface area contributed by atoms with Crippen molar-refractivity contribution >= 4 is 5.82 Å². The van der Waals surface area contributed by atoms with Crippen LogP contribution in [0, 0.1) is 0 Å². The third-order valence-corrected chi connectivity index (χ3v) is 3.91. The molecule has 0 spiro atoms. The lowest BCUT2D eigenvalue weighted by atomic mass is 9.96. The number of aromatic nitrogens is 2. The number of nitrogens with one attached hydrogen (secondary N) is 1. The monoisotopic (exact) mass is 263 g/mol. The third kappa shape index (κ3) is 3.42. The van der Waals surface area contributed by atoms with Crippen LogP contribution in [0.4, 0.5) is 5.82 Å². The van der Waals surface area contributed by atoms with Crippen molar-refractivity contribution in [2.24, 2.45) is 5.84 Å². The van der Waals surface area contributed by atoms with Gasteiger partial charge in [0.25, 0.3) is 0 Å². The highest BCUT2D eigenvalue weighted by molar-refractivity contribution is 5.46. The van der Waals surface area contributed by atoms with Gasteiger partial charge in [-0.2, -0.15) is 0 Å². The molecule has 2 rings (SSSR count). The van der Waals surface area contributed by atoms with E-state index in [4.69, 9.17) is 10.8 Å². The second-order valence-electron chi connectivity index (χ2n) is 5.04. The van der Waals surface area contributed by atoms with Crippen LogP contribution in [0.2, 0.25) is 0 Å². The number of nitrogen functional groups attached to an aromatic ring is 1. The zero-order chi connectivity index (χ0) is 13.7. The van der Waals surface area contributed by atoms with Crippen molar-refractivity contribution in [3.8, 4) is 0 Å². The molecule has 1 aromatic heterocycles. The maximum absolute atomic E-state index is 5.60. The minimum absolute atomic E-state index is 0.833. The van der Waals surface area contributed by atoms with Gasteiger partial charge < -0.3 is 10.3 Å². The molecule has 19 heavy (non-hydrogen) atoms. The Morgan fingerprint density at radius 2 is 1.89 bits per heavy atom. The molecular weight excluding hydrogens is 238 g/mol. The lowest BCUT2D eigenvalue weighted by Gasteiger charge is -2.20. The maximum atomic E-state index is 5.60. The molecule has 5 heteroatoms. The fraction of sp³-hybridized carbons (Fsp3) is 0.714. The zero-order valence-electron chi connectivity index (χ0n) is 12.1. The molecule has 3 N–H and O–H groups in total. The van der Waals surface area contributed by atoms with E-state index < -0.39 is 0 Å². The smallest absolute Gasteiger partial charge is 0.147 e. The molecule has 106 valence electrons. The Hall–Kier alpha value is -1.20. The highest BCUT2D eigenvalue weighted by Crippen LogP contribution is 2.24. The number of nitrogens with two attached hydrogens (primary N) is 1. The topological polar surface area (TPSA) is 67.1 Å². The van der Waals surface area contributed by atoms with Gasteiger partial charge in [0, 0.05) is 24.2 Å². The molecule has 0 unspecified atom stereocenters. The predicted molar refractivity (Wildman–Crippen MR) is 78.0 cm³/mol. The van der Waals surface area contributed by atoms with Crippen LogP contribution in [0.3, 0.4) is 0 Å². The Kier molecular flexibility index (Phi) is 5.10. The molecular formula is C14H25N5. The van der Waals surface area contributed by atoms with Crippen molar-refractivity contribution in [1.82, 2.24) is 14.9 Å². The quantitative estimate of drug-likeness (QED) is 0.602. The standard InChI is InChI=1S/C14H25N5/c1-3-19(4-2)10-9-13-16-12-8-6-5-7-11(12)14(17-13)18-15/h3-10,15H2,1-2H3,(H,16,17,18). The molecule has 0 aromatic carbocycles. The van der Waals surface area contributed by atoms with Gasteiger partial charge in [0.1, 0.15) is 11.6 Å². The van der Waals surface area contributed by atoms with Crippen molar-refractivity contribution in [2.45, 2.75) is 46.0 Å². The van der Waals surface area contributed by atoms with Gasteiger partial charge in [-0.25, -0.2) is 15.8 Å². The summed E-state index contributed by atoms with van der Waals surface area (Å²) in [4.78, 5) is 11.7. The molecule has 0 amide bonds. The van der Waals surface area contributed by atoms with Crippen molar-refractivity contribution in [3.63, 3.8) is 0 Å². The molecule has 0 saturated carbocycles. The summed E-state index contributed by atoms with van der Waals surface area (Å²) in [6.45, 7) is 7.52. The van der Waals surface area contributed by atoms with Gasteiger partial charge in [0.2, 0.25) is 0 Å². The number of aryl methyl sites for hydroxylation is 1. The Balaban J connectivity index is 2.13. The molecule has 1 heterocycles. The second-order valence-corrected chi connectivity index (χ2v) is 5.04. The summed E-state index contributed by atoms with van der Waals surface area (Å²) in [5, 5.41) is 0. The van der Waals surface area contributed by atoms with E-state index >= 15 is 0 Å². The van der Waals surface area contributed by atoms with Crippen LogP contribution in [0.15, 0.2) is 0 Å². The first kappa shape index (κ1) is 14.2. The molecule has 0 bridgehead atoms.